The molecule has 1 aromatic rings. The summed E-state index contributed by atoms with van der Waals surface area (Å²) in [6.45, 7) is 5.64. The maximum atomic E-state index is 12.5. The fourth-order valence-corrected chi connectivity index (χ4v) is 3.75. The van der Waals surface area contributed by atoms with E-state index in [0.717, 1.165) is 0 Å². The number of ketones is 1. The SMILES string of the molecule is CC(C)[C@]12C[C@@H](OCc3ccccc3OC(F)(F)F)[C@](C)(CC1=O)O2. The Bertz CT molecular complexity index is 673. The number of para-hydroxylation sites is 1. The van der Waals surface area contributed by atoms with Gasteiger partial charge in [0.15, 0.2) is 5.78 Å². The van der Waals surface area contributed by atoms with Gasteiger partial charge in [-0.25, -0.2) is 0 Å². The molecule has 0 N–H and O–H groups in total. The van der Waals surface area contributed by atoms with E-state index in [1.54, 1.807) is 6.07 Å². The van der Waals surface area contributed by atoms with Crippen molar-refractivity contribution < 1.29 is 32.2 Å². The first-order chi connectivity index (χ1) is 11.6. The van der Waals surface area contributed by atoms with Crippen molar-refractivity contribution in [1.82, 2.24) is 0 Å². The highest BCUT2D eigenvalue weighted by molar-refractivity contribution is 5.92. The second-order valence-corrected chi connectivity index (χ2v) is 7.22. The Morgan fingerprint density at radius 2 is 2.00 bits per heavy atom. The van der Waals surface area contributed by atoms with Crippen molar-refractivity contribution in [3.05, 3.63) is 29.8 Å². The van der Waals surface area contributed by atoms with Crippen LogP contribution in [-0.2, 0) is 20.9 Å². The topological polar surface area (TPSA) is 44.8 Å². The summed E-state index contributed by atoms with van der Waals surface area (Å²) in [6, 6.07) is 5.88. The van der Waals surface area contributed by atoms with Crippen LogP contribution in [0.1, 0.15) is 39.2 Å². The Morgan fingerprint density at radius 1 is 1.32 bits per heavy atom. The lowest BCUT2D eigenvalue weighted by Gasteiger charge is -2.30. The first-order valence-electron chi connectivity index (χ1n) is 8.24. The highest BCUT2D eigenvalue weighted by Crippen LogP contribution is 2.53. The second-order valence-electron chi connectivity index (χ2n) is 7.22. The van der Waals surface area contributed by atoms with Crippen molar-refractivity contribution >= 4 is 5.78 Å². The Kier molecular flexibility index (Phi) is 4.36. The van der Waals surface area contributed by atoms with Crippen LogP contribution < -0.4 is 4.74 Å². The van der Waals surface area contributed by atoms with Crippen molar-refractivity contribution in [2.45, 2.75) is 63.9 Å². The number of fused-ring (bicyclic) bond motifs is 2. The molecule has 0 radical (unpaired) electrons. The lowest BCUT2D eigenvalue weighted by Crippen LogP contribution is -2.44. The summed E-state index contributed by atoms with van der Waals surface area (Å²) in [4.78, 5) is 12.3. The smallest absolute Gasteiger partial charge is 0.405 e. The predicted molar refractivity (Wildman–Crippen MR) is 83.0 cm³/mol. The number of carbonyl (C=O) groups excluding carboxylic acids is 1. The van der Waals surface area contributed by atoms with Crippen molar-refractivity contribution in [2.75, 3.05) is 0 Å². The van der Waals surface area contributed by atoms with E-state index in [1.807, 2.05) is 20.8 Å². The van der Waals surface area contributed by atoms with Gasteiger partial charge in [0.25, 0.3) is 0 Å². The third kappa shape index (κ3) is 3.27. The summed E-state index contributed by atoms with van der Waals surface area (Å²) in [6.07, 6.45) is -4.43. The van der Waals surface area contributed by atoms with Gasteiger partial charge >= 0.3 is 6.36 Å². The molecule has 2 aliphatic heterocycles. The zero-order chi connectivity index (χ0) is 18.5. The molecule has 2 heterocycles. The van der Waals surface area contributed by atoms with E-state index in [0.29, 0.717) is 12.0 Å². The molecule has 0 aliphatic carbocycles. The highest BCUT2D eigenvalue weighted by atomic mass is 19.4. The summed E-state index contributed by atoms with van der Waals surface area (Å²) in [7, 11) is 0. The van der Waals surface area contributed by atoms with Gasteiger partial charge in [0.1, 0.15) is 11.4 Å². The molecule has 2 fully saturated rings. The van der Waals surface area contributed by atoms with Crippen molar-refractivity contribution in [2.24, 2.45) is 5.92 Å². The molecule has 1 aromatic carbocycles. The van der Waals surface area contributed by atoms with Gasteiger partial charge in [-0.15, -0.1) is 13.2 Å². The fraction of sp³-hybridized carbons (Fsp3) is 0.611. The summed E-state index contributed by atoms with van der Waals surface area (Å²) in [5, 5.41) is 0. The first kappa shape index (κ1) is 18.2. The average molecular weight is 358 g/mol. The number of rotatable bonds is 5. The minimum atomic E-state index is -4.76. The standard InChI is InChI=1S/C18H21F3O4/c1-11(2)17-9-15(16(3,25-17)8-14(17)22)23-10-12-6-4-5-7-13(12)24-18(19,20)21/h4-7,11,15H,8-10H2,1-3H3/t15-,16+,17-/m1/s1. The number of alkyl halides is 3. The molecule has 0 amide bonds. The Balaban J connectivity index is 1.73. The quantitative estimate of drug-likeness (QED) is 0.798. The molecule has 2 bridgehead atoms. The van der Waals surface area contributed by atoms with Crippen molar-refractivity contribution in [3.8, 4) is 5.75 Å². The van der Waals surface area contributed by atoms with Crippen molar-refractivity contribution in [3.63, 3.8) is 0 Å². The molecule has 3 atom stereocenters. The van der Waals surface area contributed by atoms with Crippen LogP contribution in [0.4, 0.5) is 13.2 Å². The fourth-order valence-electron chi connectivity index (χ4n) is 3.75. The molecule has 25 heavy (non-hydrogen) atoms. The molecule has 4 nitrogen and oxygen atoms in total. The van der Waals surface area contributed by atoms with E-state index in [1.165, 1.54) is 18.2 Å². The number of Topliss-reactive ketones (excluding diaryl/α,β-unsaturated/α-hetero) is 1. The van der Waals surface area contributed by atoms with Crippen LogP contribution in [0.15, 0.2) is 24.3 Å². The molecule has 138 valence electrons. The van der Waals surface area contributed by atoms with Crippen LogP contribution in [0.2, 0.25) is 0 Å². The van der Waals surface area contributed by atoms with Crippen molar-refractivity contribution in [1.29, 1.82) is 0 Å². The molecule has 0 saturated carbocycles. The Morgan fingerprint density at radius 3 is 2.60 bits per heavy atom. The normalized spacial score (nSPS) is 31.8. The zero-order valence-electron chi connectivity index (χ0n) is 14.4. The summed E-state index contributed by atoms with van der Waals surface area (Å²) >= 11 is 0. The largest absolute Gasteiger partial charge is 0.573 e. The molecule has 2 aliphatic rings. The van der Waals surface area contributed by atoms with Crippen LogP contribution >= 0.6 is 0 Å². The number of halogens is 3. The summed E-state index contributed by atoms with van der Waals surface area (Å²) < 4.78 is 53.5. The van der Waals surface area contributed by atoms with E-state index in [9.17, 15) is 18.0 Å². The van der Waals surface area contributed by atoms with Gasteiger partial charge in [-0.2, -0.15) is 0 Å². The lowest BCUT2D eigenvalue weighted by atomic mass is 9.74. The van der Waals surface area contributed by atoms with Gasteiger partial charge in [0.05, 0.1) is 18.3 Å². The molecule has 7 heteroatoms. The van der Waals surface area contributed by atoms with Crippen LogP contribution in [0, 0.1) is 5.92 Å². The van der Waals surface area contributed by atoms with E-state index in [2.05, 4.69) is 4.74 Å². The minimum Gasteiger partial charge on any atom is -0.405 e. The second kappa shape index (κ2) is 5.99. The molecule has 2 saturated heterocycles. The van der Waals surface area contributed by atoms with Crippen LogP contribution in [0.3, 0.4) is 0 Å². The van der Waals surface area contributed by atoms with Gasteiger partial charge in [-0.1, -0.05) is 32.0 Å². The number of benzene rings is 1. The van der Waals surface area contributed by atoms with E-state index >= 15 is 0 Å². The van der Waals surface area contributed by atoms with Gasteiger partial charge in [0.2, 0.25) is 0 Å². The summed E-state index contributed by atoms with van der Waals surface area (Å²) in [5.74, 6) is -0.194. The van der Waals surface area contributed by atoms with E-state index < -0.39 is 17.6 Å². The summed E-state index contributed by atoms with van der Waals surface area (Å²) in [5.41, 5.74) is -1.28. The highest BCUT2D eigenvalue weighted by Gasteiger charge is 2.65. The molecule has 0 aromatic heterocycles. The zero-order valence-corrected chi connectivity index (χ0v) is 14.4. The molecule has 3 rings (SSSR count). The maximum Gasteiger partial charge on any atom is 0.573 e. The average Bonchev–Trinajstić information content (AvgIpc) is 2.93. The third-order valence-electron chi connectivity index (χ3n) is 5.14. The van der Waals surface area contributed by atoms with Crippen LogP contribution in [-0.4, -0.2) is 29.5 Å². The van der Waals surface area contributed by atoms with E-state index in [-0.39, 0.29) is 36.6 Å². The minimum absolute atomic E-state index is 0.0104. The number of hydrogen-bond acceptors (Lipinski definition) is 4. The van der Waals surface area contributed by atoms with Gasteiger partial charge < -0.3 is 14.2 Å². The van der Waals surface area contributed by atoms with Gasteiger partial charge in [-0.05, 0) is 18.9 Å². The predicted octanol–water partition coefficient (Wildman–Crippen LogP) is 4.02. The monoisotopic (exact) mass is 358 g/mol. The first-order valence-corrected chi connectivity index (χ1v) is 8.24. The molecule has 0 unspecified atom stereocenters. The van der Waals surface area contributed by atoms with E-state index in [4.69, 9.17) is 9.47 Å². The molecule has 0 spiro atoms. The van der Waals surface area contributed by atoms with Gasteiger partial charge in [-0.3, -0.25) is 4.79 Å². The Hall–Kier alpha value is -1.60. The van der Waals surface area contributed by atoms with Crippen LogP contribution in [0.25, 0.3) is 0 Å². The molecular weight excluding hydrogens is 337 g/mol. The molecular formula is C18H21F3O4. The van der Waals surface area contributed by atoms with Crippen LogP contribution in [0.5, 0.6) is 5.75 Å². The number of carbonyl (C=O) groups is 1. The van der Waals surface area contributed by atoms with Gasteiger partial charge in [0, 0.05) is 18.4 Å². The Labute approximate surface area is 144 Å². The maximum absolute atomic E-state index is 12.5. The third-order valence-corrected chi connectivity index (χ3v) is 5.14. The number of ether oxygens (including phenoxy) is 3. The lowest BCUT2D eigenvalue weighted by molar-refractivity contribution is -0.275. The number of hydrogen-bond donors (Lipinski definition) is 0.